The number of nitrogens with zero attached hydrogens (tertiary/aromatic N) is 2. The molecule has 0 saturated carbocycles. The van der Waals surface area contributed by atoms with Gasteiger partial charge in [-0.1, -0.05) is 36.2 Å². The zero-order valence-electron chi connectivity index (χ0n) is 11.4. The minimum Gasteiger partial charge on any atom is -0.392 e. The summed E-state index contributed by atoms with van der Waals surface area (Å²) < 4.78 is 2.08. The van der Waals surface area contributed by atoms with Gasteiger partial charge in [0.2, 0.25) is 0 Å². The summed E-state index contributed by atoms with van der Waals surface area (Å²) in [6.07, 6.45) is 5.36. The normalized spacial score (nSPS) is 12.6. The number of hydrogen-bond donors (Lipinski definition) is 1. The second-order valence-electron chi connectivity index (χ2n) is 4.85. The molecular weight excluding hydrogens is 295 g/mol. The Balaban J connectivity index is 1.99. The first-order valence-corrected chi connectivity index (χ1v) is 7.47. The number of hydrogen-bond acceptors (Lipinski definition) is 2. The van der Waals surface area contributed by atoms with Gasteiger partial charge in [-0.05, 0) is 30.5 Å². The summed E-state index contributed by atoms with van der Waals surface area (Å²) in [5, 5.41) is 11.2. The van der Waals surface area contributed by atoms with E-state index in [1.54, 1.807) is 18.3 Å². The van der Waals surface area contributed by atoms with Crippen molar-refractivity contribution in [2.45, 2.75) is 38.8 Å². The Morgan fingerprint density at radius 2 is 2.05 bits per heavy atom. The van der Waals surface area contributed by atoms with E-state index in [1.807, 2.05) is 12.3 Å². The Labute approximate surface area is 129 Å². The van der Waals surface area contributed by atoms with Gasteiger partial charge >= 0.3 is 0 Å². The molecule has 108 valence electrons. The third-order valence-corrected chi connectivity index (χ3v) is 3.88. The molecule has 0 amide bonds. The molecule has 0 spiro atoms. The molecule has 1 atom stereocenters. The molecule has 1 heterocycles. The molecule has 1 unspecified atom stereocenters. The van der Waals surface area contributed by atoms with E-state index < -0.39 is 6.10 Å². The number of aliphatic hydroxyl groups excluding tert-OH is 1. The fourth-order valence-corrected chi connectivity index (χ4v) is 2.52. The molecule has 1 aromatic carbocycles. The summed E-state index contributed by atoms with van der Waals surface area (Å²) in [6, 6.07) is 5.44. The van der Waals surface area contributed by atoms with E-state index in [1.165, 1.54) is 0 Å². The van der Waals surface area contributed by atoms with E-state index in [0.717, 1.165) is 24.4 Å². The Morgan fingerprint density at radius 1 is 1.25 bits per heavy atom. The first-order valence-electron chi connectivity index (χ1n) is 6.72. The van der Waals surface area contributed by atoms with Crippen LogP contribution in [-0.4, -0.2) is 20.8 Å². The predicted molar refractivity (Wildman–Crippen MR) is 82.4 cm³/mol. The van der Waals surface area contributed by atoms with Gasteiger partial charge in [0.15, 0.2) is 0 Å². The van der Waals surface area contributed by atoms with Gasteiger partial charge in [-0.15, -0.1) is 0 Å². The average Bonchev–Trinajstić information content (AvgIpc) is 2.82. The molecule has 3 nitrogen and oxygen atoms in total. The number of halogens is 2. The average molecular weight is 313 g/mol. The molecule has 0 fully saturated rings. The number of benzene rings is 1. The van der Waals surface area contributed by atoms with E-state index in [2.05, 4.69) is 16.5 Å². The lowest BCUT2D eigenvalue weighted by atomic mass is 10.1. The van der Waals surface area contributed by atoms with Crippen LogP contribution in [0, 0.1) is 0 Å². The van der Waals surface area contributed by atoms with Gasteiger partial charge in [0, 0.05) is 25.4 Å². The molecule has 0 aliphatic heterocycles. The monoisotopic (exact) mass is 312 g/mol. The van der Waals surface area contributed by atoms with Crippen LogP contribution in [-0.2, 0) is 19.4 Å². The summed E-state index contributed by atoms with van der Waals surface area (Å²) in [5.41, 5.74) is 0.973. The highest BCUT2D eigenvalue weighted by Gasteiger charge is 2.12. The predicted octanol–water partition coefficient (Wildman–Crippen LogP) is 3.75. The topological polar surface area (TPSA) is 38.0 Å². The quantitative estimate of drug-likeness (QED) is 0.882. The fraction of sp³-hybridized carbons (Fsp3) is 0.400. The van der Waals surface area contributed by atoms with Gasteiger partial charge in [0.1, 0.15) is 5.82 Å². The van der Waals surface area contributed by atoms with Gasteiger partial charge in [-0.25, -0.2) is 4.98 Å². The number of aromatic nitrogens is 2. The van der Waals surface area contributed by atoms with E-state index in [-0.39, 0.29) is 0 Å². The molecule has 2 aromatic rings. The molecular formula is C15H18Cl2N2O. The molecule has 0 bridgehead atoms. The summed E-state index contributed by atoms with van der Waals surface area (Å²) in [6.45, 7) is 3.05. The Hall–Kier alpha value is -1.03. The number of imidazole rings is 1. The largest absolute Gasteiger partial charge is 0.392 e. The molecule has 0 radical (unpaired) electrons. The summed E-state index contributed by atoms with van der Waals surface area (Å²) >= 11 is 11.9. The fourth-order valence-electron chi connectivity index (χ4n) is 2.20. The molecule has 1 N–H and O–H groups in total. The molecule has 20 heavy (non-hydrogen) atoms. The molecule has 1 aromatic heterocycles. The van der Waals surface area contributed by atoms with Gasteiger partial charge in [0.05, 0.1) is 16.1 Å². The lowest BCUT2D eigenvalue weighted by Crippen LogP contribution is -2.17. The van der Waals surface area contributed by atoms with Crippen molar-refractivity contribution in [2.24, 2.45) is 0 Å². The standard InChI is InChI=1S/C15H18Cl2N2O/c1-2-6-19-7-5-18-15(19)10-12(20)8-11-3-4-13(16)14(17)9-11/h3-5,7,9,12,20H,2,6,8,10H2,1H3. The van der Waals surface area contributed by atoms with Crippen LogP contribution < -0.4 is 0 Å². The van der Waals surface area contributed by atoms with Crippen molar-refractivity contribution in [3.63, 3.8) is 0 Å². The third-order valence-electron chi connectivity index (χ3n) is 3.14. The van der Waals surface area contributed by atoms with Crippen molar-refractivity contribution in [1.82, 2.24) is 9.55 Å². The maximum absolute atomic E-state index is 10.2. The molecule has 2 rings (SSSR count). The number of aliphatic hydroxyl groups is 1. The lowest BCUT2D eigenvalue weighted by molar-refractivity contribution is 0.171. The van der Waals surface area contributed by atoms with E-state index in [4.69, 9.17) is 23.2 Å². The van der Waals surface area contributed by atoms with E-state index in [9.17, 15) is 5.11 Å². The highest BCUT2D eigenvalue weighted by Crippen LogP contribution is 2.23. The Bertz CT molecular complexity index is 569. The maximum atomic E-state index is 10.2. The van der Waals surface area contributed by atoms with E-state index >= 15 is 0 Å². The summed E-state index contributed by atoms with van der Waals surface area (Å²) in [7, 11) is 0. The number of rotatable bonds is 6. The highest BCUT2D eigenvalue weighted by atomic mass is 35.5. The first kappa shape index (κ1) is 15.4. The third kappa shape index (κ3) is 3.98. The van der Waals surface area contributed by atoms with Crippen molar-refractivity contribution in [2.75, 3.05) is 0 Å². The van der Waals surface area contributed by atoms with Gasteiger partial charge in [0.25, 0.3) is 0 Å². The maximum Gasteiger partial charge on any atom is 0.111 e. The summed E-state index contributed by atoms with van der Waals surface area (Å²) in [4.78, 5) is 4.30. The summed E-state index contributed by atoms with van der Waals surface area (Å²) in [5.74, 6) is 0.916. The SMILES string of the molecule is CCCn1ccnc1CC(O)Cc1ccc(Cl)c(Cl)c1. The number of aryl methyl sites for hydroxylation is 1. The molecule has 5 heteroatoms. The van der Waals surface area contributed by atoms with Gasteiger partial charge < -0.3 is 9.67 Å². The smallest absolute Gasteiger partial charge is 0.111 e. The highest BCUT2D eigenvalue weighted by molar-refractivity contribution is 6.42. The van der Waals surface area contributed by atoms with Crippen molar-refractivity contribution in [3.8, 4) is 0 Å². The van der Waals surface area contributed by atoms with E-state index in [0.29, 0.717) is 22.9 Å². The van der Waals surface area contributed by atoms with Gasteiger partial charge in [-0.2, -0.15) is 0 Å². The second kappa shape index (κ2) is 7.11. The Kier molecular flexibility index (Phi) is 5.46. The zero-order chi connectivity index (χ0) is 14.5. The van der Waals surface area contributed by atoms with Crippen molar-refractivity contribution in [3.05, 3.63) is 52.0 Å². The van der Waals surface area contributed by atoms with Gasteiger partial charge in [-0.3, -0.25) is 0 Å². The van der Waals surface area contributed by atoms with Crippen LogP contribution in [0.15, 0.2) is 30.6 Å². The minimum atomic E-state index is -0.481. The van der Waals surface area contributed by atoms with Crippen molar-refractivity contribution >= 4 is 23.2 Å². The molecule has 0 saturated heterocycles. The van der Waals surface area contributed by atoms with Crippen molar-refractivity contribution < 1.29 is 5.11 Å². The second-order valence-corrected chi connectivity index (χ2v) is 5.66. The van der Waals surface area contributed by atoms with Crippen LogP contribution in [0.1, 0.15) is 24.7 Å². The van der Waals surface area contributed by atoms with Crippen LogP contribution >= 0.6 is 23.2 Å². The van der Waals surface area contributed by atoms with Crippen LogP contribution in [0.2, 0.25) is 10.0 Å². The lowest BCUT2D eigenvalue weighted by Gasteiger charge is -2.12. The Morgan fingerprint density at radius 3 is 2.75 bits per heavy atom. The molecule has 0 aliphatic carbocycles. The van der Waals surface area contributed by atoms with Crippen molar-refractivity contribution in [1.29, 1.82) is 0 Å². The zero-order valence-corrected chi connectivity index (χ0v) is 12.9. The van der Waals surface area contributed by atoms with Crippen LogP contribution in [0.3, 0.4) is 0 Å². The van der Waals surface area contributed by atoms with Crippen LogP contribution in [0.4, 0.5) is 0 Å². The molecule has 0 aliphatic rings. The van der Waals surface area contributed by atoms with Crippen LogP contribution in [0.25, 0.3) is 0 Å². The van der Waals surface area contributed by atoms with Crippen LogP contribution in [0.5, 0.6) is 0 Å². The first-order chi connectivity index (χ1) is 9.60. The minimum absolute atomic E-state index is 0.481.